The van der Waals surface area contributed by atoms with Crippen molar-refractivity contribution in [1.29, 1.82) is 0 Å². The molecular weight excluding hydrogens is 276 g/mol. The van der Waals surface area contributed by atoms with Gasteiger partial charge in [-0.2, -0.15) is 0 Å². The van der Waals surface area contributed by atoms with Crippen molar-refractivity contribution in [3.63, 3.8) is 0 Å². The standard InChI is InChI=1S/C13H12N4O4/c1-9-12(17(20)21)5-6-13(15-9)14-8-10-3-2-4-11(7-10)16(18)19/h2-7H,8H2,1H3,(H,14,15). The van der Waals surface area contributed by atoms with Gasteiger partial charge in [0.15, 0.2) is 0 Å². The number of nitro groups is 2. The van der Waals surface area contributed by atoms with Gasteiger partial charge in [0, 0.05) is 24.7 Å². The third-order valence-electron chi connectivity index (χ3n) is 2.85. The number of anilines is 1. The van der Waals surface area contributed by atoms with E-state index in [1.807, 2.05) is 0 Å². The zero-order valence-corrected chi connectivity index (χ0v) is 11.1. The second-order valence-electron chi connectivity index (χ2n) is 4.34. The van der Waals surface area contributed by atoms with E-state index in [1.165, 1.54) is 24.3 Å². The number of nitro benzene ring substituents is 1. The van der Waals surface area contributed by atoms with Gasteiger partial charge < -0.3 is 5.32 Å². The third-order valence-corrected chi connectivity index (χ3v) is 2.85. The van der Waals surface area contributed by atoms with Gasteiger partial charge in [0.25, 0.3) is 11.4 Å². The molecule has 0 saturated heterocycles. The van der Waals surface area contributed by atoms with Crippen LogP contribution in [-0.2, 0) is 6.54 Å². The molecule has 0 aliphatic carbocycles. The maximum absolute atomic E-state index is 10.7. The largest absolute Gasteiger partial charge is 0.366 e. The van der Waals surface area contributed by atoms with E-state index in [1.54, 1.807) is 19.1 Å². The van der Waals surface area contributed by atoms with Gasteiger partial charge in [-0.15, -0.1) is 0 Å². The Morgan fingerprint density at radius 3 is 2.52 bits per heavy atom. The van der Waals surface area contributed by atoms with Crippen LogP contribution in [0.5, 0.6) is 0 Å². The fourth-order valence-corrected chi connectivity index (χ4v) is 1.82. The van der Waals surface area contributed by atoms with Crippen LogP contribution >= 0.6 is 0 Å². The summed E-state index contributed by atoms with van der Waals surface area (Å²) in [5.41, 5.74) is 1.00. The first-order valence-corrected chi connectivity index (χ1v) is 6.06. The summed E-state index contributed by atoms with van der Waals surface area (Å²) in [5, 5.41) is 24.4. The minimum absolute atomic E-state index is 0.0159. The molecule has 0 radical (unpaired) electrons. The van der Waals surface area contributed by atoms with Gasteiger partial charge in [-0.1, -0.05) is 12.1 Å². The van der Waals surface area contributed by atoms with E-state index >= 15 is 0 Å². The number of pyridine rings is 1. The molecule has 1 aromatic heterocycles. The number of benzene rings is 1. The Hall–Kier alpha value is -3.03. The van der Waals surface area contributed by atoms with Crippen molar-refractivity contribution >= 4 is 17.2 Å². The van der Waals surface area contributed by atoms with Crippen molar-refractivity contribution in [2.24, 2.45) is 0 Å². The molecule has 0 saturated carbocycles. The van der Waals surface area contributed by atoms with Gasteiger partial charge in [-0.05, 0) is 18.6 Å². The van der Waals surface area contributed by atoms with Crippen molar-refractivity contribution in [3.05, 3.63) is 67.9 Å². The van der Waals surface area contributed by atoms with Gasteiger partial charge >= 0.3 is 0 Å². The second-order valence-corrected chi connectivity index (χ2v) is 4.34. The van der Waals surface area contributed by atoms with Crippen LogP contribution in [0.1, 0.15) is 11.3 Å². The van der Waals surface area contributed by atoms with Gasteiger partial charge in [0.05, 0.1) is 9.85 Å². The summed E-state index contributed by atoms with van der Waals surface area (Å²) in [6.07, 6.45) is 0. The molecule has 1 N–H and O–H groups in total. The lowest BCUT2D eigenvalue weighted by Gasteiger charge is -2.06. The lowest BCUT2D eigenvalue weighted by molar-refractivity contribution is -0.385. The van der Waals surface area contributed by atoms with Gasteiger partial charge in [0.2, 0.25) is 0 Å². The number of hydrogen-bond donors (Lipinski definition) is 1. The van der Waals surface area contributed by atoms with Gasteiger partial charge in [-0.3, -0.25) is 20.2 Å². The monoisotopic (exact) mass is 288 g/mol. The van der Waals surface area contributed by atoms with E-state index < -0.39 is 9.85 Å². The third kappa shape index (κ3) is 3.50. The van der Waals surface area contributed by atoms with E-state index in [0.29, 0.717) is 18.1 Å². The molecule has 0 bridgehead atoms. The topological polar surface area (TPSA) is 111 Å². The molecule has 2 rings (SSSR count). The number of hydrogen-bond acceptors (Lipinski definition) is 6. The van der Waals surface area contributed by atoms with Crippen molar-refractivity contribution in [1.82, 2.24) is 4.98 Å². The molecule has 8 nitrogen and oxygen atoms in total. The highest BCUT2D eigenvalue weighted by atomic mass is 16.6. The maximum atomic E-state index is 10.7. The molecule has 2 aromatic rings. The molecule has 0 aliphatic rings. The number of aromatic nitrogens is 1. The van der Waals surface area contributed by atoms with Crippen LogP contribution in [0.2, 0.25) is 0 Å². The molecule has 1 aromatic carbocycles. The van der Waals surface area contributed by atoms with Gasteiger partial charge in [-0.25, -0.2) is 4.98 Å². The Balaban J connectivity index is 2.10. The number of aryl methyl sites for hydroxylation is 1. The van der Waals surface area contributed by atoms with Crippen LogP contribution in [0.4, 0.5) is 17.2 Å². The van der Waals surface area contributed by atoms with Crippen LogP contribution in [0.25, 0.3) is 0 Å². The molecular formula is C13H12N4O4. The van der Waals surface area contributed by atoms with Crippen LogP contribution in [-0.4, -0.2) is 14.8 Å². The Labute approximate surface area is 119 Å². The van der Waals surface area contributed by atoms with E-state index in [-0.39, 0.29) is 11.4 Å². The number of nitrogens with one attached hydrogen (secondary N) is 1. The summed E-state index contributed by atoms with van der Waals surface area (Å²) in [6.45, 7) is 1.89. The summed E-state index contributed by atoms with van der Waals surface area (Å²) in [6, 6.07) is 9.10. The van der Waals surface area contributed by atoms with E-state index in [0.717, 1.165) is 5.56 Å². The fraction of sp³-hybridized carbons (Fsp3) is 0.154. The summed E-state index contributed by atoms with van der Waals surface area (Å²) in [7, 11) is 0. The van der Waals surface area contributed by atoms with Crippen LogP contribution in [0, 0.1) is 27.2 Å². The smallest absolute Gasteiger partial charge is 0.290 e. The highest BCUT2D eigenvalue weighted by molar-refractivity contribution is 5.45. The average molecular weight is 288 g/mol. The molecule has 0 unspecified atom stereocenters. The quantitative estimate of drug-likeness (QED) is 0.668. The molecule has 0 aliphatic heterocycles. The number of non-ortho nitro benzene ring substituents is 1. The SMILES string of the molecule is Cc1nc(NCc2cccc([N+](=O)[O-])c2)ccc1[N+](=O)[O-]. The van der Waals surface area contributed by atoms with E-state index in [4.69, 9.17) is 0 Å². The molecule has 0 amide bonds. The van der Waals surface area contributed by atoms with Crippen molar-refractivity contribution < 1.29 is 9.85 Å². The lowest BCUT2D eigenvalue weighted by Crippen LogP contribution is -2.03. The summed E-state index contributed by atoms with van der Waals surface area (Å²) >= 11 is 0. The van der Waals surface area contributed by atoms with E-state index in [9.17, 15) is 20.2 Å². The number of nitrogens with zero attached hydrogens (tertiary/aromatic N) is 3. The summed E-state index contributed by atoms with van der Waals surface area (Å²) in [5.74, 6) is 0.476. The highest BCUT2D eigenvalue weighted by Gasteiger charge is 2.11. The molecule has 1 heterocycles. The van der Waals surface area contributed by atoms with Crippen LogP contribution in [0.15, 0.2) is 36.4 Å². The highest BCUT2D eigenvalue weighted by Crippen LogP contribution is 2.19. The molecule has 21 heavy (non-hydrogen) atoms. The van der Waals surface area contributed by atoms with Crippen molar-refractivity contribution in [2.45, 2.75) is 13.5 Å². The first kappa shape index (κ1) is 14.4. The first-order chi connectivity index (χ1) is 9.97. The number of rotatable bonds is 5. The zero-order chi connectivity index (χ0) is 15.4. The molecule has 8 heteroatoms. The maximum Gasteiger partial charge on any atom is 0.290 e. The second kappa shape index (κ2) is 5.95. The van der Waals surface area contributed by atoms with Crippen LogP contribution in [0.3, 0.4) is 0 Å². The Bertz CT molecular complexity index is 702. The Kier molecular flexibility index (Phi) is 4.07. The molecule has 0 atom stereocenters. The molecule has 0 spiro atoms. The minimum atomic E-state index is -0.493. The van der Waals surface area contributed by atoms with Crippen molar-refractivity contribution in [3.8, 4) is 0 Å². The first-order valence-electron chi connectivity index (χ1n) is 6.06. The minimum Gasteiger partial charge on any atom is -0.366 e. The summed E-state index contributed by atoms with van der Waals surface area (Å²) < 4.78 is 0. The van der Waals surface area contributed by atoms with Crippen molar-refractivity contribution in [2.75, 3.05) is 5.32 Å². The summed E-state index contributed by atoms with van der Waals surface area (Å²) in [4.78, 5) is 24.5. The lowest BCUT2D eigenvalue weighted by atomic mass is 10.2. The zero-order valence-electron chi connectivity index (χ0n) is 11.1. The molecule has 0 fully saturated rings. The Morgan fingerprint density at radius 1 is 1.14 bits per heavy atom. The van der Waals surface area contributed by atoms with Gasteiger partial charge in [0.1, 0.15) is 11.5 Å². The average Bonchev–Trinajstić information content (AvgIpc) is 2.45. The predicted octanol–water partition coefficient (Wildman–Crippen LogP) is 2.82. The van der Waals surface area contributed by atoms with E-state index in [2.05, 4.69) is 10.3 Å². The van der Waals surface area contributed by atoms with Crippen LogP contribution < -0.4 is 5.32 Å². The fourth-order valence-electron chi connectivity index (χ4n) is 1.82. The Morgan fingerprint density at radius 2 is 1.90 bits per heavy atom. The molecule has 108 valence electrons. The normalized spacial score (nSPS) is 10.1. The predicted molar refractivity (Wildman–Crippen MR) is 76.1 cm³/mol.